The van der Waals surface area contributed by atoms with Gasteiger partial charge in [-0.3, -0.25) is 9.69 Å². The zero-order valence-electron chi connectivity index (χ0n) is 16.3. The van der Waals surface area contributed by atoms with E-state index in [1.165, 1.54) is 17.3 Å². The second-order valence-corrected chi connectivity index (χ2v) is 7.51. The molecule has 1 aliphatic heterocycles. The van der Waals surface area contributed by atoms with Crippen LogP contribution in [0.5, 0.6) is 0 Å². The molecule has 1 saturated heterocycles. The van der Waals surface area contributed by atoms with Crippen LogP contribution in [0.15, 0.2) is 53.7 Å². The number of rotatable bonds is 5. The van der Waals surface area contributed by atoms with E-state index in [0.717, 1.165) is 50.0 Å². The first kappa shape index (κ1) is 18.6. The number of hydrogen-bond acceptors (Lipinski definition) is 5. The lowest BCUT2D eigenvalue weighted by atomic mass is 10.1. The highest BCUT2D eigenvalue weighted by atomic mass is 16.3. The summed E-state index contributed by atoms with van der Waals surface area (Å²) >= 11 is 0. The molecule has 0 saturated carbocycles. The third-order valence-electron chi connectivity index (χ3n) is 5.56. The maximum Gasteiger partial charge on any atom is 0.219 e. The summed E-state index contributed by atoms with van der Waals surface area (Å²) in [6.45, 7) is 5.13. The molecular weight excluding hydrogens is 352 g/mol. The number of nitrogens with zero attached hydrogens (tertiary/aromatic N) is 4. The Morgan fingerprint density at radius 2 is 2.04 bits per heavy atom. The van der Waals surface area contributed by atoms with Gasteiger partial charge in [-0.2, -0.15) is 0 Å². The molecule has 146 valence electrons. The summed E-state index contributed by atoms with van der Waals surface area (Å²) in [4.78, 5) is 24.9. The van der Waals surface area contributed by atoms with Crippen LogP contribution in [0.3, 0.4) is 0 Å². The number of para-hydroxylation sites is 1. The molecule has 0 spiro atoms. The predicted molar refractivity (Wildman–Crippen MR) is 107 cm³/mol. The highest BCUT2D eigenvalue weighted by Gasteiger charge is 2.25. The predicted octanol–water partition coefficient (Wildman–Crippen LogP) is 3.63. The van der Waals surface area contributed by atoms with E-state index in [-0.39, 0.29) is 11.9 Å². The van der Waals surface area contributed by atoms with Gasteiger partial charge in [0.25, 0.3) is 0 Å². The van der Waals surface area contributed by atoms with Crippen LogP contribution < -0.4 is 0 Å². The fourth-order valence-corrected chi connectivity index (χ4v) is 4.11. The Bertz CT molecular complexity index is 924. The topological polar surface area (TPSA) is 62.5 Å². The second kappa shape index (κ2) is 8.52. The van der Waals surface area contributed by atoms with E-state index >= 15 is 0 Å². The van der Waals surface area contributed by atoms with E-state index in [9.17, 15) is 4.79 Å². The van der Waals surface area contributed by atoms with Crippen LogP contribution >= 0.6 is 0 Å². The van der Waals surface area contributed by atoms with Crippen molar-refractivity contribution in [1.29, 1.82) is 0 Å². The van der Waals surface area contributed by atoms with Gasteiger partial charge in [-0.15, -0.1) is 0 Å². The van der Waals surface area contributed by atoms with Crippen molar-refractivity contribution in [2.75, 3.05) is 13.1 Å². The molecule has 0 aliphatic carbocycles. The molecule has 0 radical (unpaired) electrons. The largest absolute Gasteiger partial charge is 0.464 e. The van der Waals surface area contributed by atoms with E-state index in [2.05, 4.69) is 27.0 Å². The Morgan fingerprint density at radius 3 is 2.86 bits per heavy atom. The zero-order valence-corrected chi connectivity index (χ0v) is 16.3. The first-order chi connectivity index (χ1) is 13.7. The molecule has 0 N–H and O–H groups in total. The van der Waals surface area contributed by atoms with Gasteiger partial charge in [0, 0.05) is 61.5 Å². The number of likely N-dealkylation sites (tertiary alicyclic amines) is 1. The maximum atomic E-state index is 12.3. The summed E-state index contributed by atoms with van der Waals surface area (Å²) in [5.74, 6) is 0.114. The number of carbonyl (C=O) groups excluding carboxylic acids is 1. The number of benzene rings is 1. The van der Waals surface area contributed by atoms with Gasteiger partial charge < -0.3 is 9.32 Å². The lowest BCUT2D eigenvalue weighted by Gasteiger charge is -2.30. The Labute approximate surface area is 165 Å². The van der Waals surface area contributed by atoms with Crippen LogP contribution in [0.25, 0.3) is 11.0 Å². The van der Waals surface area contributed by atoms with Gasteiger partial charge in [0.1, 0.15) is 11.9 Å². The van der Waals surface area contributed by atoms with Gasteiger partial charge >= 0.3 is 0 Å². The van der Waals surface area contributed by atoms with E-state index < -0.39 is 0 Å². The van der Waals surface area contributed by atoms with Crippen LogP contribution in [0.2, 0.25) is 0 Å². The van der Waals surface area contributed by atoms with Crippen LogP contribution in [0.4, 0.5) is 0 Å². The summed E-state index contributed by atoms with van der Waals surface area (Å²) in [6.07, 6.45) is 10.1. The van der Waals surface area contributed by atoms with Crippen LogP contribution in [-0.4, -0.2) is 44.8 Å². The van der Waals surface area contributed by atoms with Gasteiger partial charge in [-0.25, -0.2) is 9.97 Å². The van der Waals surface area contributed by atoms with Gasteiger partial charge in [0.15, 0.2) is 0 Å². The molecule has 6 nitrogen and oxygen atoms in total. The number of carbonyl (C=O) groups is 1. The van der Waals surface area contributed by atoms with Gasteiger partial charge in [-0.1, -0.05) is 18.2 Å². The van der Waals surface area contributed by atoms with Crippen molar-refractivity contribution in [2.45, 2.75) is 45.3 Å². The number of fused-ring (bicyclic) bond motifs is 1. The van der Waals surface area contributed by atoms with E-state index in [1.807, 2.05) is 23.3 Å². The molecule has 4 rings (SSSR count). The van der Waals surface area contributed by atoms with Crippen molar-refractivity contribution in [3.63, 3.8) is 0 Å². The maximum absolute atomic E-state index is 12.3. The summed E-state index contributed by atoms with van der Waals surface area (Å²) in [5, 5.41) is 1.19. The smallest absolute Gasteiger partial charge is 0.219 e. The molecule has 0 unspecified atom stereocenters. The van der Waals surface area contributed by atoms with E-state index in [0.29, 0.717) is 6.54 Å². The lowest BCUT2D eigenvalue weighted by molar-refractivity contribution is -0.132. The standard InChI is InChI=1S/C22H26N4O2/c1-17(27)26(13-18-11-23-16-24-12-18)20-5-4-9-25(10-8-20)14-19-15-28-22-7-3-2-6-21(19)22/h2-3,6-7,11-12,15-16,20H,4-5,8-10,13-14H2,1H3/t20-/m1/s1. The summed E-state index contributed by atoms with van der Waals surface area (Å²) in [5.41, 5.74) is 3.15. The minimum atomic E-state index is 0.114. The Kier molecular flexibility index (Phi) is 5.67. The summed E-state index contributed by atoms with van der Waals surface area (Å²) < 4.78 is 5.69. The van der Waals surface area contributed by atoms with E-state index in [4.69, 9.17) is 4.42 Å². The Hall–Kier alpha value is -2.73. The quantitative estimate of drug-likeness (QED) is 0.678. The van der Waals surface area contributed by atoms with E-state index in [1.54, 1.807) is 19.3 Å². The van der Waals surface area contributed by atoms with Crippen molar-refractivity contribution in [3.8, 4) is 0 Å². The van der Waals surface area contributed by atoms with Crippen molar-refractivity contribution >= 4 is 16.9 Å². The number of aromatic nitrogens is 2. The number of furan rings is 1. The average Bonchev–Trinajstić information content (AvgIpc) is 2.97. The van der Waals surface area contributed by atoms with Gasteiger partial charge in [0.05, 0.1) is 6.26 Å². The zero-order chi connectivity index (χ0) is 19.3. The highest BCUT2D eigenvalue weighted by Crippen LogP contribution is 2.25. The minimum absolute atomic E-state index is 0.114. The Morgan fingerprint density at radius 1 is 1.21 bits per heavy atom. The molecule has 1 fully saturated rings. The molecule has 3 heterocycles. The molecule has 2 aromatic heterocycles. The fraction of sp³-hybridized carbons (Fsp3) is 0.409. The molecule has 28 heavy (non-hydrogen) atoms. The van der Waals surface area contributed by atoms with Crippen molar-refractivity contribution in [1.82, 2.24) is 19.8 Å². The minimum Gasteiger partial charge on any atom is -0.464 e. The second-order valence-electron chi connectivity index (χ2n) is 7.51. The molecular formula is C22H26N4O2. The third kappa shape index (κ3) is 4.22. The van der Waals surface area contributed by atoms with Crippen molar-refractivity contribution in [3.05, 3.63) is 60.4 Å². The Balaban J connectivity index is 1.41. The number of amides is 1. The first-order valence-corrected chi connectivity index (χ1v) is 9.89. The monoisotopic (exact) mass is 378 g/mol. The average molecular weight is 378 g/mol. The third-order valence-corrected chi connectivity index (χ3v) is 5.56. The lowest BCUT2D eigenvalue weighted by Crippen LogP contribution is -2.39. The molecule has 1 aromatic carbocycles. The summed E-state index contributed by atoms with van der Waals surface area (Å²) in [6, 6.07) is 8.44. The number of hydrogen-bond donors (Lipinski definition) is 0. The van der Waals surface area contributed by atoms with Crippen LogP contribution in [0.1, 0.15) is 37.3 Å². The molecule has 3 aromatic rings. The fourth-order valence-electron chi connectivity index (χ4n) is 4.11. The molecule has 0 bridgehead atoms. The molecule has 1 amide bonds. The van der Waals surface area contributed by atoms with Gasteiger partial charge in [-0.05, 0) is 31.9 Å². The SMILES string of the molecule is CC(=O)N(Cc1cncnc1)[C@@H]1CCCN(Cc2coc3ccccc23)CC1. The first-order valence-electron chi connectivity index (χ1n) is 9.89. The molecule has 6 heteroatoms. The van der Waals surface area contributed by atoms with Crippen molar-refractivity contribution < 1.29 is 9.21 Å². The molecule has 1 aliphatic rings. The van der Waals surface area contributed by atoms with Crippen LogP contribution in [0, 0.1) is 0 Å². The van der Waals surface area contributed by atoms with Gasteiger partial charge in [0.2, 0.25) is 5.91 Å². The summed E-state index contributed by atoms with van der Waals surface area (Å²) in [7, 11) is 0. The highest BCUT2D eigenvalue weighted by molar-refractivity contribution is 5.80. The molecule has 1 atom stereocenters. The van der Waals surface area contributed by atoms with Crippen LogP contribution in [-0.2, 0) is 17.9 Å². The normalized spacial score (nSPS) is 18.1. The van der Waals surface area contributed by atoms with Crippen molar-refractivity contribution in [2.24, 2.45) is 0 Å².